The lowest BCUT2D eigenvalue weighted by molar-refractivity contribution is -0.137. The minimum absolute atomic E-state index is 0.0408. The number of hydrogen-bond acceptors (Lipinski definition) is 4. The van der Waals surface area contributed by atoms with E-state index in [9.17, 15) is 13.2 Å². The van der Waals surface area contributed by atoms with E-state index in [4.69, 9.17) is 21.1 Å². The number of rotatable bonds is 5. The molecule has 0 aliphatic heterocycles. The zero-order valence-corrected chi connectivity index (χ0v) is 17.4. The minimum atomic E-state index is -4.55. The number of imidazole rings is 1. The smallest absolute Gasteiger partial charge is 0.417 e. The number of alkyl halides is 3. The van der Waals surface area contributed by atoms with Crippen LogP contribution in [0.4, 0.5) is 13.2 Å². The molecule has 0 saturated heterocycles. The molecule has 0 spiro atoms. The van der Waals surface area contributed by atoms with E-state index in [1.54, 1.807) is 47.1 Å². The number of nitrogens with zero attached hydrogens (tertiary/aromatic N) is 3. The Bertz CT molecular complexity index is 1200. The average Bonchev–Trinajstić information content (AvgIpc) is 3.08. The first kappa shape index (κ1) is 20.5. The number of halogens is 5. The second-order valence-corrected chi connectivity index (χ2v) is 7.41. The van der Waals surface area contributed by atoms with Gasteiger partial charge in [0.15, 0.2) is 0 Å². The largest absolute Gasteiger partial charge is 0.473 e. The lowest BCUT2D eigenvalue weighted by atomic mass is 10.2. The molecule has 0 amide bonds. The van der Waals surface area contributed by atoms with Gasteiger partial charge in [-0.15, -0.1) is 0 Å². The normalized spacial score (nSPS) is 11.6. The first-order valence-electron chi connectivity index (χ1n) is 8.55. The summed E-state index contributed by atoms with van der Waals surface area (Å²) in [4.78, 5) is 8.43. The van der Waals surface area contributed by atoms with Crippen LogP contribution >= 0.6 is 27.5 Å². The van der Waals surface area contributed by atoms with Gasteiger partial charge in [0.25, 0.3) is 0 Å². The highest BCUT2D eigenvalue weighted by molar-refractivity contribution is 9.10. The van der Waals surface area contributed by atoms with Crippen molar-refractivity contribution in [3.63, 3.8) is 0 Å². The van der Waals surface area contributed by atoms with Gasteiger partial charge < -0.3 is 9.47 Å². The molecule has 5 nitrogen and oxygen atoms in total. The van der Waals surface area contributed by atoms with Crippen LogP contribution in [-0.2, 0) is 12.8 Å². The van der Waals surface area contributed by atoms with Gasteiger partial charge in [0, 0.05) is 12.3 Å². The Hall–Kier alpha value is -2.78. The van der Waals surface area contributed by atoms with Crippen molar-refractivity contribution in [2.24, 2.45) is 0 Å². The number of ether oxygens (including phenoxy) is 2. The fourth-order valence-electron chi connectivity index (χ4n) is 2.64. The third-order valence-electron chi connectivity index (χ3n) is 4.10. The zero-order valence-electron chi connectivity index (χ0n) is 15.0. The summed E-state index contributed by atoms with van der Waals surface area (Å²) in [5.41, 5.74) is -0.110. The van der Waals surface area contributed by atoms with Gasteiger partial charge in [-0.1, -0.05) is 23.7 Å². The first-order chi connectivity index (χ1) is 14.3. The quantitative estimate of drug-likeness (QED) is 0.314. The van der Waals surface area contributed by atoms with Crippen LogP contribution in [-0.4, -0.2) is 14.4 Å². The van der Waals surface area contributed by atoms with Crippen LogP contribution in [0.1, 0.15) is 11.1 Å². The summed E-state index contributed by atoms with van der Waals surface area (Å²) < 4.78 is 52.6. The first-order valence-corrected chi connectivity index (χ1v) is 9.72. The van der Waals surface area contributed by atoms with Gasteiger partial charge in [-0.05, 0) is 51.8 Å². The third-order valence-corrected chi connectivity index (χ3v) is 5.01. The summed E-state index contributed by atoms with van der Waals surface area (Å²) in [6, 6.07) is 11.9. The van der Waals surface area contributed by atoms with E-state index < -0.39 is 11.7 Å². The lowest BCUT2D eigenvalue weighted by Crippen LogP contribution is -2.05. The van der Waals surface area contributed by atoms with E-state index in [0.29, 0.717) is 17.4 Å². The molecule has 0 aliphatic carbocycles. The Morgan fingerprint density at radius 2 is 1.77 bits per heavy atom. The SMILES string of the molecule is FC(F)(F)c1cc(Oc2ccc(COc3ccn4c(Br)cnc4n3)cc2)ccc1Cl. The van der Waals surface area contributed by atoms with Crippen molar-refractivity contribution in [2.75, 3.05) is 0 Å². The molecule has 0 N–H and O–H groups in total. The van der Waals surface area contributed by atoms with E-state index in [1.165, 1.54) is 6.07 Å². The Labute approximate surface area is 182 Å². The van der Waals surface area contributed by atoms with Crippen molar-refractivity contribution in [3.05, 3.63) is 81.7 Å². The number of fused-ring (bicyclic) bond motifs is 1. The van der Waals surface area contributed by atoms with Crippen LogP contribution in [0.3, 0.4) is 0 Å². The Morgan fingerprint density at radius 3 is 2.50 bits per heavy atom. The molecule has 154 valence electrons. The van der Waals surface area contributed by atoms with Crippen LogP contribution < -0.4 is 9.47 Å². The molecule has 4 aromatic rings. The summed E-state index contributed by atoms with van der Waals surface area (Å²) in [5, 5.41) is -0.378. The molecule has 0 aliphatic rings. The molecule has 10 heteroatoms. The molecule has 0 bridgehead atoms. The van der Waals surface area contributed by atoms with Gasteiger partial charge in [0.05, 0.1) is 16.8 Å². The molecule has 0 fully saturated rings. The molecule has 0 unspecified atom stereocenters. The Morgan fingerprint density at radius 1 is 1.03 bits per heavy atom. The molecule has 30 heavy (non-hydrogen) atoms. The number of aromatic nitrogens is 3. The molecule has 0 radical (unpaired) electrons. The summed E-state index contributed by atoms with van der Waals surface area (Å²) >= 11 is 8.98. The summed E-state index contributed by atoms with van der Waals surface area (Å²) in [7, 11) is 0. The summed E-state index contributed by atoms with van der Waals surface area (Å²) in [6.45, 7) is 0.254. The van der Waals surface area contributed by atoms with Gasteiger partial charge in [0.2, 0.25) is 11.7 Å². The molecule has 0 atom stereocenters. The van der Waals surface area contributed by atoms with Crippen LogP contribution in [0.2, 0.25) is 5.02 Å². The zero-order chi connectivity index (χ0) is 21.3. The molecule has 0 saturated carbocycles. The third kappa shape index (κ3) is 4.52. The van der Waals surface area contributed by atoms with Gasteiger partial charge in [-0.3, -0.25) is 4.40 Å². The van der Waals surface area contributed by atoms with Gasteiger partial charge >= 0.3 is 6.18 Å². The molecular weight excluding hydrogens is 487 g/mol. The van der Waals surface area contributed by atoms with Crippen molar-refractivity contribution in [1.29, 1.82) is 0 Å². The molecular formula is C20H12BrClF3N3O2. The Kier molecular flexibility index (Phi) is 5.57. The molecule has 2 aromatic heterocycles. The number of benzene rings is 2. The summed E-state index contributed by atoms with van der Waals surface area (Å²) in [6.07, 6.45) is -1.13. The summed E-state index contributed by atoms with van der Waals surface area (Å²) in [5.74, 6) is 1.35. The predicted octanol–water partition coefficient (Wildman–Crippen LogP) is 6.54. The highest BCUT2D eigenvalue weighted by atomic mass is 79.9. The van der Waals surface area contributed by atoms with E-state index >= 15 is 0 Å². The van der Waals surface area contributed by atoms with Crippen LogP contribution in [0.5, 0.6) is 17.4 Å². The van der Waals surface area contributed by atoms with Crippen LogP contribution in [0, 0.1) is 0 Å². The fourth-order valence-corrected chi connectivity index (χ4v) is 3.24. The van der Waals surface area contributed by atoms with Crippen molar-refractivity contribution in [2.45, 2.75) is 12.8 Å². The maximum atomic E-state index is 13.0. The van der Waals surface area contributed by atoms with Crippen LogP contribution in [0.15, 0.2) is 65.5 Å². The maximum Gasteiger partial charge on any atom is 0.417 e. The Balaban J connectivity index is 1.41. The van der Waals surface area contributed by atoms with E-state index in [1.807, 2.05) is 0 Å². The topological polar surface area (TPSA) is 48.7 Å². The highest BCUT2D eigenvalue weighted by Gasteiger charge is 2.33. The number of hydrogen-bond donors (Lipinski definition) is 0. The monoisotopic (exact) mass is 497 g/mol. The van der Waals surface area contributed by atoms with Crippen molar-refractivity contribution in [3.8, 4) is 17.4 Å². The van der Waals surface area contributed by atoms with Gasteiger partial charge in [-0.2, -0.15) is 18.2 Å². The lowest BCUT2D eigenvalue weighted by Gasteiger charge is -2.12. The predicted molar refractivity (Wildman–Crippen MR) is 108 cm³/mol. The fraction of sp³-hybridized carbons (Fsp3) is 0.100. The van der Waals surface area contributed by atoms with Crippen molar-refractivity contribution < 1.29 is 22.6 Å². The van der Waals surface area contributed by atoms with Crippen LogP contribution in [0.25, 0.3) is 5.78 Å². The van der Waals surface area contributed by atoms with Gasteiger partial charge in [0.1, 0.15) is 22.7 Å². The highest BCUT2D eigenvalue weighted by Crippen LogP contribution is 2.37. The second kappa shape index (κ2) is 8.16. The van der Waals surface area contributed by atoms with E-state index in [2.05, 4.69) is 25.9 Å². The van der Waals surface area contributed by atoms with Crippen molar-refractivity contribution >= 4 is 33.3 Å². The average molecular weight is 499 g/mol. The molecule has 4 rings (SSSR count). The van der Waals surface area contributed by atoms with E-state index in [0.717, 1.165) is 22.3 Å². The molecule has 2 heterocycles. The second-order valence-electron chi connectivity index (χ2n) is 6.19. The van der Waals surface area contributed by atoms with Gasteiger partial charge in [-0.25, -0.2) is 4.98 Å². The maximum absolute atomic E-state index is 13.0. The van der Waals surface area contributed by atoms with E-state index in [-0.39, 0.29) is 17.4 Å². The van der Waals surface area contributed by atoms with Crippen molar-refractivity contribution in [1.82, 2.24) is 14.4 Å². The molecule has 2 aromatic carbocycles. The standard InChI is InChI=1S/C20H12BrClF3N3O2/c21-17-10-26-19-27-18(7-8-28(17)19)29-11-12-1-3-13(4-2-12)30-14-5-6-16(22)15(9-14)20(23,24)25/h1-10H,11H2. The minimum Gasteiger partial charge on any atom is -0.473 e.